The van der Waals surface area contributed by atoms with Crippen LogP contribution < -0.4 is 0 Å². The Morgan fingerprint density at radius 3 is 1.50 bits per heavy atom. The third kappa shape index (κ3) is 5.41. The molecule has 0 aliphatic carbocycles. The lowest BCUT2D eigenvalue weighted by molar-refractivity contribution is 0.0841. The second-order valence-electron chi connectivity index (χ2n) is 8.87. The van der Waals surface area contributed by atoms with Crippen molar-refractivity contribution < 1.29 is 0 Å². The summed E-state index contributed by atoms with van der Waals surface area (Å²) in [6, 6.07) is 0. The molecule has 0 nitrogen and oxygen atoms in total. The van der Waals surface area contributed by atoms with E-state index in [1.165, 1.54) is 44.9 Å². The van der Waals surface area contributed by atoms with Gasteiger partial charge in [-0.2, -0.15) is 0 Å². The second-order valence-corrected chi connectivity index (χ2v) is 8.87. The van der Waals surface area contributed by atoms with Crippen LogP contribution in [0.1, 0.15) is 107 Å². The Hall–Kier alpha value is 0. The highest BCUT2D eigenvalue weighted by Gasteiger charge is 2.35. The van der Waals surface area contributed by atoms with Crippen molar-refractivity contribution in [2.75, 3.05) is 0 Å². The minimum absolute atomic E-state index is 0.423. The molecule has 0 aliphatic rings. The van der Waals surface area contributed by atoms with Crippen molar-refractivity contribution in [2.24, 2.45) is 22.2 Å². The third-order valence-corrected chi connectivity index (χ3v) is 6.48. The monoisotopic (exact) mass is 282 g/mol. The van der Waals surface area contributed by atoms with E-state index in [2.05, 4.69) is 62.3 Å². The predicted octanol–water partition coefficient (Wildman–Crippen LogP) is 7.47. The van der Waals surface area contributed by atoms with E-state index in [0.29, 0.717) is 16.2 Å². The van der Waals surface area contributed by atoms with Crippen LogP contribution >= 0.6 is 0 Å². The molecule has 1 atom stereocenters. The van der Waals surface area contributed by atoms with Crippen molar-refractivity contribution >= 4 is 0 Å². The zero-order valence-electron chi connectivity index (χ0n) is 16.0. The van der Waals surface area contributed by atoms with Crippen LogP contribution in [0.25, 0.3) is 0 Å². The fraction of sp³-hybridized carbons (Fsp3) is 1.00. The molecule has 122 valence electrons. The molecule has 0 bridgehead atoms. The van der Waals surface area contributed by atoms with Crippen molar-refractivity contribution in [3.05, 3.63) is 0 Å². The summed E-state index contributed by atoms with van der Waals surface area (Å²) < 4.78 is 0. The molecule has 0 radical (unpaired) electrons. The predicted molar refractivity (Wildman–Crippen MR) is 94.2 cm³/mol. The molecule has 0 N–H and O–H groups in total. The summed E-state index contributed by atoms with van der Waals surface area (Å²) in [5, 5.41) is 0. The van der Waals surface area contributed by atoms with Crippen molar-refractivity contribution in [2.45, 2.75) is 107 Å². The largest absolute Gasteiger partial charge is 0.0651 e. The lowest BCUT2D eigenvalue weighted by Gasteiger charge is -2.42. The summed E-state index contributed by atoms with van der Waals surface area (Å²) in [6.45, 7) is 21.7. The van der Waals surface area contributed by atoms with Gasteiger partial charge in [0.1, 0.15) is 0 Å². The molecule has 0 heterocycles. The van der Waals surface area contributed by atoms with Gasteiger partial charge in [0.25, 0.3) is 0 Å². The number of unbranched alkanes of at least 4 members (excludes halogenated alkanes) is 1. The Labute approximate surface area is 130 Å². The molecule has 0 amide bonds. The van der Waals surface area contributed by atoms with E-state index in [0.717, 1.165) is 5.92 Å². The summed E-state index contributed by atoms with van der Waals surface area (Å²) in [6.07, 6.45) is 9.53. The first kappa shape index (κ1) is 20.0. The number of hydrogen-bond donors (Lipinski definition) is 0. The van der Waals surface area contributed by atoms with Crippen LogP contribution in [0.15, 0.2) is 0 Å². The molecular formula is C20H42. The lowest BCUT2D eigenvalue weighted by atomic mass is 9.63. The topological polar surface area (TPSA) is 0 Å². The molecule has 0 rings (SSSR count). The van der Waals surface area contributed by atoms with E-state index < -0.39 is 0 Å². The standard InChI is InChI=1S/C20H42/c1-10-17(11-2)19(7,8)15-13-14-16-20(9,12-3)18(4,5)6/h17H,10-16H2,1-9H3. The van der Waals surface area contributed by atoms with Gasteiger partial charge in [-0.15, -0.1) is 0 Å². The maximum atomic E-state index is 2.49. The molecule has 0 aromatic heterocycles. The quantitative estimate of drug-likeness (QED) is 0.385. The Morgan fingerprint density at radius 1 is 0.700 bits per heavy atom. The summed E-state index contributed by atoms with van der Waals surface area (Å²) >= 11 is 0. The van der Waals surface area contributed by atoms with Crippen LogP contribution in [-0.4, -0.2) is 0 Å². The van der Waals surface area contributed by atoms with Gasteiger partial charge in [0, 0.05) is 0 Å². The first-order valence-electron chi connectivity index (χ1n) is 9.04. The van der Waals surface area contributed by atoms with Gasteiger partial charge in [-0.1, -0.05) is 94.4 Å². The van der Waals surface area contributed by atoms with Crippen molar-refractivity contribution in [1.82, 2.24) is 0 Å². The fourth-order valence-electron chi connectivity index (χ4n) is 3.78. The highest BCUT2D eigenvalue weighted by molar-refractivity contribution is 4.85. The average molecular weight is 283 g/mol. The molecule has 0 aromatic carbocycles. The maximum absolute atomic E-state index is 2.49. The molecular weight excluding hydrogens is 240 g/mol. The molecule has 0 fully saturated rings. The van der Waals surface area contributed by atoms with Gasteiger partial charge in [0.2, 0.25) is 0 Å². The molecule has 0 saturated carbocycles. The van der Waals surface area contributed by atoms with Crippen LogP contribution in [0.4, 0.5) is 0 Å². The summed E-state index contributed by atoms with van der Waals surface area (Å²) in [5.74, 6) is 0.891. The Kier molecular flexibility index (Phi) is 7.85. The molecule has 0 heteroatoms. The van der Waals surface area contributed by atoms with E-state index >= 15 is 0 Å². The normalized spacial score (nSPS) is 16.5. The lowest BCUT2D eigenvalue weighted by Crippen LogP contribution is -2.32. The van der Waals surface area contributed by atoms with Gasteiger partial charge in [-0.05, 0) is 35.0 Å². The summed E-state index contributed by atoms with van der Waals surface area (Å²) in [5.41, 5.74) is 1.44. The molecule has 0 spiro atoms. The number of rotatable bonds is 9. The molecule has 0 aliphatic heterocycles. The minimum atomic E-state index is 0.423. The van der Waals surface area contributed by atoms with Gasteiger partial charge >= 0.3 is 0 Å². The van der Waals surface area contributed by atoms with Crippen LogP contribution in [0.2, 0.25) is 0 Å². The van der Waals surface area contributed by atoms with Crippen LogP contribution in [0.5, 0.6) is 0 Å². The van der Waals surface area contributed by atoms with Gasteiger partial charge in [-0.3, -0.25) is 0 Å². The van der Waals surface area contributed by atoms with Crippen molar-refractivity contribution in [1.29, 1.82) is 0 Å². The zero-order chi connectivity index (χ0) is 16.0. The van der Waals surface area contributed by atoms with Gasteiger partial charge in [-0.25, -0.2) is 0 Å². The molecule has 1 unspecified atom stereocenters. The van der Waals surface area contributed by atoms with Crippen LogP contribution in [-0.2, 0) is 0 Å². The van der Waals surface area contributed by atoms with E-state index in [1.54, 1.807) is 0 Å². The Bertz CT molecular complexity index is 252. The van der Waals surface area contributed by atoms with Crippen LogP contribution in [0.3, 0.4) is 0 Å². The van der Waals surface area contributed by atoms with Gasteiger partial charge in [0.05, 0.1) is 0 Å². The SMILES string of the molecule is CCC(CC)C(C)(C)CCCCC(C)(CC)C(C)(C)C. The van der Waals surface area contributed by atoms with E-state index in [1.807, 2.05) is 0 Å². The van der Waals surface area contributed by atoms with E-state index in [9.17, 15) is 0 Å². The third-order valence-electron chi connectivity index (χ3n) is 6.48. The summed E-state index contributed by atoms with van der Waals surface area (Å²) in [4.78, 5) is 0. The first-order chi connectivity index (χ1) is 9.04. The first-order valence-corrected chi connectivity index (χ1v) is 9.04. The Balaban J connectivity index is 4.32. The van der Waals surface area contributed by atoms with Gasteiger partial charge < -0.3 is 0 Å². The van der Waals surface area contributed by atoms with Crippen molar-refractivity contribution in [3.63, 3.8) is 0 Å². The van der Waals surface area contributed by atoms with E-state index in [4.69, 9.17) is 0 Å². The van der Waals surface area contributed by atoms with Crippen LogP contribution in [0, 0.1) is 22.2 Å². The maximum Gasteiger partial charge on any atom is -0.0280 e. The number of hydrogen-bond acceptors (Lipinski definition) is 0. The smallest absolute Gasteiger partial charge is 0.0280 e. The highest BCUT2D eigenvalue weighted by Crippen LogP contribution is 2.45. The van der Waals surface area contributed by atoms with Gasteiger partial charge in [0.15, 0.2) is 0 Å². The summed E-state index contributed by atoms with van der Waals surface area (Å²) in [7, 11) is 0. The Morgan fingerprint density at radius 2 is 1.15 bits per heavy atom. The zero-order valence-corrected chi connectivity index (χ0v) is 16.0. The molecule has 0 aromatic rings. The van der Waals surface area contributed by atoms with Crippen molar-refractivity contribution in [3.8, 4) is 0 Å². The average Bonchev–Trinajstić information content (AvgIpc) is 2.34. The second kappa shape index (κ2) is 7.85. The molecule has 0 saturated heterocycles. The molecule has 20 heavy (non-hydrogen) atoms. The van der Waals surface area contributed by atoms with E-state index in [-0.39, 0.29) is 0 Å². The minimum Gasteiger partial charge on any atom is -0.0651 e. The highest BCUT2D eigenvalue weighted by atomic mass is 14.4. The fourth-order valence-corrected chi connectivity index (χ4v) is 3.78.